The molecule has 0 bridgehead atoms. The van der Waals surface area contributed by atoms with Crippen molar-refractivity contribution in [1.82, 2.24) is 4.57 Å². The molecule has 0 radical (unpaired) electrons. The minimum absolute atomic E-state index is 0.238. The molecule has 8 aromatic rings. The number of aromatic nitrogens is 1. The smallest absolute Gasteiger partial charge is 0.263 e. The van der Waals surface area contributed by atoms with Gasteiger partial charge >= 0.3 is 0 Å². The van der Waals surface area contributed by atoms with Crippen LogP contribution in [-0.2, 0) is 0 Å². The van der Waals surface area contributed by atoms with Crippen LogP contribution < -0.4 is 4.90 Å². The average Bonchev–Trinajstić information content (AvgIpc) is 3.62. The lowest BCUT2D eigenvalue weighted by Crippen LogP contribution is -2.29. The zero-order chi connectivity index (χ0) is 33.1. The Morgan fingerprint density at radius 2 is 1.10 bits per heavy atom. The standard InChI is InChI=1S/C45H32N2O2/c1-29-24-25-40-38(26-29)34-20-11-12-22-39(34)46(40)41-23-13-21-35-42(41)45(49)47(44(35)48)43-36(31-16-7-3-8-17-31)27-33(30-14-5-2-6-15-30)28-37(43)32-18-9-4-10-19-32/h2-28,44,48H,1H3. The lowest BCUT2D eigenvalue weighted by Gasteiger charge is -2.28. The van der Waals surface area contributed by atoms with Gasteiger partial charge in [0.25, 0.3) is 5.91 Å². The van der Waals surface area contributed by atoms with E-state index in [1.165, 1.54) is 5.56 Å². The summed E-state index contributed by atoms with van der Waals surface area (Å²) in [5.41, 5.74) is 11.5. The first-order chi connectivity index (χ1) is 24.1. The number of benzene rings is 7. The van der Waals surface area contributed by atoms with E-state index in [1.54, 1.807) is 4.90 Å². The molecule has 7 aromatic carbocycles. The van der Waals surface area contributed by atoms with Crippen LogP contribution in [0.1, 0.15) is 27.7 Å². The zero-order valence-electron chi connectivity index (χ0n) is 26.9. The van der Waals surface area contributed by atoms with Gasteiger partial charge in [-0.15, -0.1) is 0 Å². The highest BCUT2D eigenvalue weighted by Crippen LogP contribution is 2.49. The van der Waals surface area contributed by atoms with Gasteiger partial charge in [0.05, 0.1) is 28.0 Å². The van der Waals surface area contributed by atoms with Crippen molar-refractivity contribution in [3.05, 3.63) is 180 Å². The lowest BCUT2D eigenvalue weighted by molar-refractivity contribution is 0.0935. The number of carbonyl (C=O) groups excluding carboxylic acids is 1. The van der Waals surface area contributed by atoms with Crippen LogP contribution in [0, 0.1) is 6.92 Å². The molecule has 0 saturated carbocycles. The van der Waals surface area contributed by atoms with Gasteiger partial charge in [-0.05, 0) is 65.6 Å². The predicted octanol–water partition coefficient (Wildman–Crippen LogP) is 10.7. The number of rotatable bonds is 5. The average molecular weight is 633 g/mol. The Morgan fingerprint density at radius 1 is 0.531 bits per heavy atom. The predicted molar refractivity (Wildman–Crippen MR) is 200 cm³/mol. The third kappa shape index (κ3) is 4.61. The molecule has 1 aliphatic heterocycles. The van der Waals surface area contributed by atoms with Crippen LogP contribution in [0.4, 0.5) is 5.69 Å². The van der Waals surface area contributed by atoms with Gasteiger partial charge in [0.2, 0.25) is 0 Å². The van der Waals surface area contributed by atoms with E-state index in [4.69, 9.17) is 0 Å². The molecule has 1 aliphatic rings. The quantitative estimate of drug-likeness (QED) is 0.205. The number of hydrogen-bond donors (Lipinski definition) is 1. The Kier molecular flexibility index (Phi) is 6.78. The Labute approximate surface area is 284 Å². The highest BCUT2D eigenvalue weighted by Gasteiger charge is 2.41. The van der Waals surface area contributed by atoms with E-state index < -0.39 is 6.23 Å². The fourth-order valence-electron chi connectivity index (χ4n) is 7.50. The molecule has 0 aliphatic carbocycles. The van der Waals surface area contributed by atoms with Crippen LogP contribution >= 0.6 is 0 Å². The van der Waals surface area contributed by atoms with Crippen molar-refractivity contribution in [2.75, 3.05) is 4.90 Å². The molecule has 1 N–H and O–H groups in total. The number of nitrogens with zero attached hydrogens (tertiary/aromatic N) is 2. The molecule has 4 heteroatoms. The summed E-state index contributed by atoms with van der Waals surface area (Å²) in [6, 6.07) is 55.4. The van der Waals surface area contributed by atoms with E-state index in [9.17, 15) is 5.11 Å². The minimum atomic E-state index is -1.19. The van der Waals surface area contributed by atoms with Gasteiger partial charge in [0.15, 0.2) is 6.23 Å². The number of aliphatic hydroxyl groups is 1. The number of para-hydroxylation sites is 1. The Hall–Kier alpha value is -6.23. The molecule has 4 nitrogen and oxygen atoms in total. The van der Waals surface area contributed by atoms with Crippen LogP contribution in [-0.4, -0.2) is 15.6 Å². The maximum atomic E-state index is 15.1. The van der Waals surface area contributed by atoms with E-state index in [0.29, 0.717) is 16.8 Å². The van der Waals surface area contributed by atoms with E-state index in [-0.39, 0.29) is 5.91 Å². The van der Waals surface area contributed by atoms with Gasteiger partial charge < -0.3 is 9.67 Å². The van der Waals surface area contributed by atoms with Gasteiger partial charge in [0, 0.05) is 27.5 Å². The minimum Gasteiger partial charge on any atom is -0.369 e. The fraction of sp³-hybridized carbons (Fsp3) is 0.0444. The Balaban J connectivity index is 1.32. The monoisotopic (exact) mass is 632 g/mol. The first-order valence-electron chi connectivity index (χ1n) is 16.6. The summed E-state index contributed by atoms with van der Waals surface area (Å²) in [6.07, 6.45) is -1.19. The topological polar surface area (TPSA) is 45.5 Å². The zero-order valence-corrected chi connectivity index (χ0v) is 26.9. The summed E-state index contributed by atoms with van der Waals surface area (Å²) >= 11 is 0. The summed E-state index contributed by atoms with van der Waals surface area (Å²) in [5.74, 6) is -0.238. The lowest BCUT2D eigenvalue weighted by atomic mass is 9.90. The van der Waals surface area contributed by atoms with E-state index in [0.717, 1.165) is 60.9 Å². The molecular formula is C45H32N2O2. The van der Waals surface area contributed by atoms with Crippen molar-refractivity contribution >= 4 is 33.4 Å². The third-order valence-electron chi connectivity index (χ3n) is 9.73. The fourth-order valence-corrected chi connectivity index (χ4v) is 7.50. The first kappa shape index (κ1) is 29.0. The number of anilines is 1. The summed E-state index contributed by atoms with van der Waals surface area (Å²) in [7, 11) is 0. The summed E-state index contributed by atoms with van der Waals surface area (Å²) in [5, 5.41) is 14.5. The molecule has 1 aromatic heterocycles. The second-order valence-corrected chi connectivity index (χ2v) is 12.7. The molecule has 0 saturated heterocycles. The number of fused-ring (bicyclic) bond motifs is 4. The maximum absolute atomic E-state index is 15.1. The molecule has 0 fully saturated rings. The van der Waals surface area contributed by atoms with Crippen LogP contribution in [0.25, 0.3) is 60.9 Å². The van der Waals surface area contributed by atoms with Gasteiger partial charge in [-0.25, -0.2) is 0 Å². The third-order valence-corrected chi connectivity index (χ3v) is 9.73. The molecule has 0 spiro atoms. The van der Waals surface area contributed by atoms with Crippen LogP contribution in [0.3, 0.4) is 0 Å². The van der Waals surface area contributed by atoms with Gasteiger partial charge in [-0.3, -0.25) is 9.69 Å². The molecule has 49 heavy (non-hydrogen) atoms. The van der Waals surface area contributed by atoms with Crippen LogP contribution in [0.2, 0.25) is 0 Å². The van der Waals surface area contributed by atoms with E-state index >= 15 is 4.79 Å². The number of aliphatic hydroxyl groups excluding tert-OH is 1. The number of amides is 1. The second kappa shape index (κ2) is 11.5. The van der Waals surface area contributed by atoms with Crippen molar-refractivity contribution in [3.8, 4) is 39.1 Å². The molecule has 234 valence electrons. The molecule has 2 heterocycles. The van der Waals surface area contributed by atoms with Crippen molar-refractivity contribution in [2.24, 2.45) is 0 Å². The SMILES string of the molecule is Cc1ccc2c(c1)c1ccccc1n2-c1cccc2c1C(=O)N(c1c(-c3ccccc3)cc(-c3ccccc3)cc1-c1ccccc1)C2O. The Bertz CT molecular complexity index is 2480. The second-order valence-electron chi connectivity index (χ2n) is 12.7. The van der Waals surface area contributed by atoms with Gasteiger partial charge in [-0.2, -0.15) is 0 Å². The highest BCUT2D eigenvalue weighted by molar-refractivity contribution is 6.18. The summed E-state index contributed by atoms with van der Waals surface area (Å²) in [4.78, 5) is 16.7. The van der Waals surface area contributed by atoms with Crippen molar-refractivity contribution in [3.63, 3.8) is 0 Å². The summed E-state index contributed by atoms with van der Waals surface area (Å²) < 4.78 is 2.17. The maximum Gasteiger partial charge on any atom is 0.263 e. The van der Waals surface area contributed by atoms with Gasteiger partial charge in [0.1, 0.15) is 0 Å². The van der Waals surface area contributed by atoms with Crippen molar-refractivity contribution in [1.29, 1.82) is 0 Å². The number of hydrogen-bond acceptors (Lipinski definition) is 2. The normalized spacial score (nSPS) is 14.1. The molecule has 1 amide bonds. The molecular weight excluding hydrogens is 601 g/mol. The number of aryl methyl sites for hydroxylation is 1. The van der Waals surface area contributed by atoms with Crippen LogP contribution in [0.15, 0.2) is 164 Å². The molecule has 9 rings (SSSR count). The highest BCUT2D eigenvalue weighted by atomic mass is 16.3. The van der Waals surface area contributed by atoms with Crippen LogP contribution in [0.5, 0.6) is 0 Å². The van der Waals surface area contributed by atoms with E-state index in [2.05, 4.69) is 96.4 Å². The largest absolute Gasteiger partial charge is 0.369 e. The van der Waals surface area contributed by atoms with Gasteiger partial charge in [-0.1, -0.05) is 133 Å². The number of carbonyl (C=O) groups is 1. The van der Waals surface area contributed by atoms with Crippen molar-refractivity contribution in [2.45, 2.75) is 13.2 Å². The van der Waals surface area contributed by atoms with Crippen molar-refractivity contribution < 1.29 is 9.90 Å². The molecule has 1 atom stereocenters. The Morgan fingerprint density at radius 3 is 1.76 bits per heavy atom. The van der Waals surface area contributed by atoms with E-state index in [1.807, 2.05) is 78.9 Å². The molecule has 1 unspecified atom stereocenters. The summed E-state index contributed by atoms with van der Waals surface area (Å²) in [6.45, 7) is 2.10. The first-order valence-corrected chi connectivity index (χ1v) is 16.6.